The van der Waals surface area contributed by atoms with Gasteiger partial charge in [-0.05, 0) is 44.2 Å². The largest absolute Gasteiger partial charge is 0.356 e. The van der Waals surface area contributed by atoms with Gasteiger partial charge in [0.1, 0.15) is 0 Å². The fourth-order valence-corrected chi connectivity index (χ4v) is 4.62. The van der Waals surface area contributed by atoms with Gasteiger partial charge in [0.2, 0.25) is 11.8 Å². The van der Waals surface area contributed by atoms with Crippen LogP contribution < -0.4 is 5.32 Å². The van der Waals surface area contributed by atoms with Crippen molar-refractivity contribution in [3.8, 4) is 0 Å². The molecule has 2 aliphatic heterocycles. The molecule has 0 spiro atoms. The number of benzene rings is 1. The van der Waals surface area contributed by atoms with Gasteiger partial charge in [-0.3, -0.25) is 14.5 Å². The van der Waals surface area contributed by atoms with Gasteiger partial charge < -0.3 is 15.1 Å². The Kier molecular flexibility index (Phi) is 9.82. The highest BCUT2D eigenvalue weighted by molar-refractivity contribution is 5.81. The number of rotatable bonds is 10. The van der Waals surface area contributed by atoms with Crippen LogP contribution in [0.3, 0.4) is 0 Å². The van der Waals surface area contributed by atoms with Crippen molar-refractivity contribution in [3.63, 3.8) is 0 Å². The molecule has 0 radical (unpaired) electrons. The minimum atomic E-state index is -0.0350. The van der Waals surface area contributed by atoms with Gasteiger partial charge in [0, 0.05) is 58.8 Å². The number of unbranched alkanes of at least 4 members (excludes halogenated alkanes) is 1. The minimum Gasteiger partial charge on any atom is -0.356 e. The summed E-state index contributed by atoms with van der Waals surface area (Å²) in [4.78, 5) is 31.6. The zero-order valence-corrected chi connectivity index (χ0v) is 19.2. The van der Waals surface area contributed by atoms with Crippen LogP contribution >= 0.6 is 0 Å². The maximum absolute atomic E-state index is 12.5. The number of likely N-dealkylation sites (tertiary alicyclic amines) is 1. The lowest BCUT2D eigenvalue weighted by atomic mass is 9.96. The van der Waals surface area contributed by atoms with E-state index in [1.165, 1.54) is 5.56 Å². The topological polar surface area (TPSA) is 55.9 Å². The van der Waals surface area contributed by atoms with Crippen LogP contribution in [0, 0.1) is 5.92 Å². The first-order valence-corrected chi connectivity index (χ1v) is 12.2. The number of amides is 2. The second-order valence-corrected chi connectivity index (χ2v) is 9.03. The second-order valence-electron chi connectivity index (χ2n) is 9.03. The van der Waals surface area contributed by atoms with Crippen molar-refractivity contribution in [2.45, 2.75) is 52.0 Å². The lowest BCUT2D eigenvalue weighted by Gasteiger charge is -2.34. The van der Waals surface area contributed by atoms with Crippen LogP contribution in [0.4, 0.5) is 0 Å². The standard InChI is InChI=1S/C25H40N4O2/c1-2-9-24(30)29-15-8-12-23(21-29)25(31)26-13-6-7-14-27-16-18-28(19-17-27)20-22-10-4-3-5-11-22/h3-5,10-11,23H,2,6-9,12-21H2,1H3,(H,26,31). The number of nitrogens with one attached hydrogen (secondary N) is 1. The zero-order valence-electron chi connectivity index (χ0n) is 19.2. The van der Waals surface area contributed by atoms with Gasteiger partial charge in [0.15, 0.2) is 0 Å². The van der Waals surface area contributed by atoms with E-state index in [1.807, 2.05) is 11.8 Å². The third-order valence-corrected chi connectivity index (χ3v) is 6.52. The maximum Gasteiger partial charge on any atom is 0.224 e. The molecule has 2 fully saturated rings. The van der Waals surface area contributed by atoms with Crippen LogP contribution in [0.5, 0.6) is 0 Å². The van der Waals surface area contributed by atoms with Crippen LogP contribution in [-0.2, 0) is 16.1 Å². The summed E-state index contributed by atoms with van der Waals surface area (Å²) in [5.74, 6) is 0.291. The average molecular weight is 429 g/mol. The molecule has 1 N–H and O–H groups in total. The summed E-state index contributed by atoms with van der Waals surface area (Å²) in [6.45, 7) is 10.8. The Bertz CT molecular complexity index is 673. The highest BCUT2D eigenvalue weighted by Crippen LogP contribution is 2.18. The van der Waals surface area contributed by atoms with Crippen molar-refractivity contribution in [2.75, 3.05) is 52.4 Å². The Morgan fingerprint density at radius 1 is 1.00 bits per heavy atom. The molecule has 0 aliphatic carbocycles. The van der Waals surface area contributed by atoms with Crippen molar-refractivity contribution in [3.05, 3.63) is 35.9 Å². The summed E-state index contributed by atoms with van der Waals surface area (Å²) >= 11 is 0. The summed E-state index contributed by atoms with van der Waals surface area (Å²) in [5.41, 5.74) is 1.39. The van der Waals surface area contributed by atoms with Crippen LogP contribution in [0.1, 0.15) is 51.0 Å². The molecular weight excluding hydrogens is 388 g/mol. The molecule has 1 atom stereocenters. The first-order valence-electron chi connectivity index (χ1n) is 12.2. The molecule has 0 bridgehead atoms. The van der Waals surface area contributed by atoms with Crippen molar-refractivity contribution < 1.29 is 9.59 Å². The monoisotopic (exact) mass is 428 g/mol. The Labute approximate surface area is 188 Å². The number of hydrogen-bond acceptors (Lipinski definition) is 4. The molecule has 0 saturated carbocycles. The number of carbonyl (C=O) groups excluding carboxylic acids is 2. The third kappa shape index (κ3) is 7.93. The summed E-state index contributed by atoms with van der Waals surface area (Å²) in [6.07, 6.45) is 5.42. The number of nitrogens with zero attached hydrogens (tertiary/aromatic N) is 3. The predicted octanol–water partition coefficient (Wildman–Crippen LogP) is 2.74. The number of piperazine rings is 1. The van der Waals surface area contributed by atoms with E-state index in [2.05, 4.69) is 45.4 Å². The average Bonchev–Trinajstić information content (AvgIpc) is 2.81. The molecule has 2 saturated heterocycles. The van der Waals surface area contributed by atoms with E-state index in [0.717, 1.165) is 84.5 Å². The molecule has 31 heavy (non-hydrogen) atoms. The number of piperidine rings is 1. The molecule has 3 rings (SSSR count). The van der Waals surface area contributed by atoms with Crippen molar-refractivity contribution in [1.29, 1.82) is 0 Å². The normalized spacial score (nSPS) is 20.5. The van der Waals surface area contributed by atoms with Crippen LogP contribution in [0.2, 0.25) is 0 Å². The van der Waals surface area contributed by atoms with Gasteiger partial charge in [-0.25, -0.2) is 0 Å². The van der Waals surface area contributed by atoms with Crippen molar-refractivity contribution in [1.82, 2.24) is 20.0 Å². The summed E-state index contributed by atoms with van der Waals surface area (Å²) in [5, 5.41) is 3.11. The second kappa shape index (κ2) is 12.8. The molecule has 1 unspecified atom stereocenters. The third-order valence-electron chi connectivity index (χ3n) is 6.52. The molecule has 6 heteroatoms. The Balaban J connectivity index is 1.24. The summed E-state index contributed by atoms with van der Waals surface area (Å²) in [6, 6.07) is 10.7. The molecule has 0 aromatic heterocycles. The van der Waals surface area contributed by atoms with E-state index < -0.39 is 0 Å². The minimum absolute atomic E-state index is 0.0350. The van der Waals surface area contributed by atoms with Gasteiger partial charge in [0.25, 0.3) is 0 Å². The first kappa shape index (κ1) is 23.7. The van der Waals surface area contributed by atoms with Crippen LogP contribution in [-0.4, -0.2) is 78.9 Å². The molecular formula is C25H40N4O2. The van der Waals surface area contributed by atoms with E-state index in [9.17, 15) is 9.59 Å². The summed E-state index contributed by atoms with van der Waals surface area (Å²) in [7, 11) is 0. The molecule has 1 aromatic rings. The fourth-order valence-electron chi connectivity index (χ4n) is 4.62. The van der Waals surface area contributed by atoms with Gasteiger partial charge in [-0.2, -0.15) is 0 Å². The van der Waals surface area contributed by atoms with Gasteiger partial charge in [-0.15, -0.1) is 0 Å². The Morgan fingerprint density at radius 3 is 2.48 bits per heavy atom. The first-order chi connectivity index (χ1) is 15.2. The Hall–Kier alpha value is -1.92. The highest BCUT2D eigenvalue weighted by Gasteiger charge is 2.27. The molecule has 2 amide bonds. The van der Waals surface area contributed by atoms with Gasteiger partial charge in [-0.1, -0.05) is 37.3 Å². The Morgan fingerprint density at radius 2 is 1.74 bits per heavy atom. The van der Waals surface area contributed by atoms with Crippen LogP contribution in [0.25, 0.3) is 0 Å². The number of hydrogen-bond donors (Lipinski definition) is 1. The zero-order chi connectivity index (χ0) is 21.9. The molecule has 2 heterocycles. The summed E-state index contributed by atoms with van der Waals surface area (Å²) < 4.78 is 0. The fraction of sp³-hybridized carbons (Fsp3) is 0.680. The van der Waals surface area contributed by atoms with E-state index in [4.69, 9.17) is 0 Å². The highest BCUT2D eigenvalue weighted by atomic mass is 16.2. The van der Waals surface area contributed by atoms with Gasteiger partial charge >= 0.3 is 0 Å². The van der Waals surface area contributed by atoms with Crippen molar-refractivity contribution >= 4 is 11.8 Å². The maximum atomic E-state index is 12.5. The number of carbonyl (C=O) groups is 2. The lowest BCUT2D eigenvalue weighted by molar-refractivity contribution is -0.135. The van der Waals surface area contributed by atoms with E-state index >= 15 is 0 Å². The molecule has 6 nitrogen and oxygen atoms in total. The molecule has 1 aromatic carbocycles. The van der Waals surface area contributed by atoms with Crippen LogP contribution in [0.15, 0.2) is 30.3 Å². The predicted molar refractivity (Wildman–Crippen MR) is 125 cm³/mol. The van der Waals surface area contributed by atoms with E-state index in [1.54, 1.807) is 0 Å². The SMILES string of the molecule is CCCC(=O)N1CCCC(C(=O)NCCCCN2CCN(Cc3ccccc3)CC2)C1. The smallest absolute Gasteiger partial charge is 0.224 e. The quantitative estimate of drug-likeness (QED) is 0.582. The van der Waals surface area contributed by atoms with Gasteiger partial charge in [0.05, 0.1) is 5.92 Å². The van der Waals surface area contributed by atoms with E-state index in [0.29, 0.717) is 13.0 Å². The lowest BCUT2D eigenvalue weighted by Crippen LogP contribution is -2.46. The molecule has 172 valence electrons. The van der Waals surface area contributed by atoms with Crippen molar-refractivity contribution in [2.24, 2.45) is 5.92 Å². The molecule has 2 aliphatic rings. The van der Waals surface area contributed by atoms with E-state index in [-0.39, 0.29) is 17.7 Å².